The lowest BCUT2D eigenvalue weighted by Gasteiger charge is -2.12. The van der Waals surface area contributed by atoms with Gasteiger partial charge in [-0.05, 0) is 36.0 Å². The van der Waals surface area contributed by atoms with Crippen molar-refractivity contribution in [3.63, 3.8) is 0 Å². The van der Waals surface area contributed by atoms with Crippen LogP contribution in [0.2, 0.25) is 0 Å². The summed E-state index contributed by atoms with van der Waals surface area (Å²) in [4.78, 5) is 4.49. The zero-order valence-electron chi connectivity index (χ0n) is 8.25. The van der Waals surface area contributed by atoms with E-state index in [-0.39, 0.29) is 0 Å². The molecule has 0 atom stereocenters. The fourth-order valence-electron chi connectivity index (χ4n) is 1.63. The molecule has 1 aromatic rings. The van der Waals surface area contributed by atoms with Crippen molar-refractivity contribution in [1.82, 2.24) is 4.98 Å². The second kappa shape index (κ2) is 3.33. The molecule has 0 saturated carbocycles. The molecule has 1 heteroatoms. The maximum Gasteiger partial charge on any atom is 0.0479 e. The first kappa shape index (κ1) is 8.49. The minimum atomic E-state index is 0.577. The number of aromatic nitrogens is 1. The highest BCUT2D eigenvalue weighted by atomic mass is 14.7. The molecule has 0 aromatic carbocycles. The maximum atomic E-state index is 4.49. The van der Waals surface area contributed by atoms with Crippen LogP contribution in [0.15, 0.2) is 18.3 Å². The van der Waals surface area contributed by atoms with Crippen molar-refractivity contribution in [2.24, 2.45) is 0 Å². The number of rotatable bonds is 1. The third-order valence-electron chi connectivity index (χ3n) is 2.54. The second-order valence-electron chi connectivity index (χ2n) is 3.90. The van der Waals surface area contributed by atoms with Crippen LogP contribution in [-0.2, 0) is 6.42 Å². The van der Waals surface area contributed by atoms with Crippen LogP contribution in [-0.4, -0.2) is 4.98 Å². The Morgan fingerprint density at radius 3 is 3.00 bits per heavy atom. The van der Waals surface area contributed by atoms with E-state index in [1.54, 1.807) is 0 Å². The Kier molecular flexibility index (Phi) is 2.17. The summed E-state index contributed by atoms with van der Waals surface area (Å²) in [6.07, 6.45) is 8.68. The largest absolute Gasteiger partial charge is 0.260 e. The van der Waals surface area contributed by atoms with Crippen molar-refractivity contribution in [2.45, 2.75) is 32.6 Å². The molecule has 0 N–H and O–H groups in total. The average Bonchev–Trinajstić information content (AvgIpc) is 2.17. The molecule has 0 spiro atoms. The van der Waals surface area contributed by atoms with Crippen molar-refractivity contribution < 1.29 is 0 Å². The fraction of sp³-hybridized carbons (Fsp3) is 0.417. The van der Waals surface area contributed by atoms with Crippen molar-refractivity contribution in [3.05, 3.63) is 35.2 Å². The summed E-state index contributed by atoms with van der Waals surface area (Å²) in [5.41, 5.74) is 3.91. The molecule has 1 heterocycles. The van der Waals surface area contributed by atoms with E-state index in [9.17, 15) is 0 Å². The highest BCUT2D eigenvalue weighted by Crippen LogP contribution is 2.21. The Morgan fingerprint density at radius 2 is 2.23 bits per heavy atom. The lowest BCUT2D eigenvalue weighted by Crippen LogP contribution is -2.00. The molecule has 1 aromatic heterocycles. The van der Waals surface area contributed by atoms with Gasteiger partial charge in [0.05, 0.1) is 0 Å². The van der Waals surface area contributed by atoms with Gasteiger partial charge >= 0.3 is 0 Å². The SMILES string of the molecule is CC(C)c1cnc2c(c1)C=CCC2. The predicted octanol–water partition coefficient (Wildman–Crippen LogP) is 3.16. The number of hydrogen-bond donors (Lipinski definition) is 0. The molecule has 1 aliphatic carbocycles. The van der Waals surface area contributed by atoms with Gasteiger partial charge in [0, 0.05) is 11.9 Å². The van der Waals surface area contributed by atoms with Gasteiger partial charge in [0.1, 0.15) is 0 Å². The molecule has 0 fully saturated rings. The van der Waals surface area contributed by atoms with E-state index >= 15 is 0 Å². The highest BCUT2D eigenvalue weighted by Gasteiger charge is 2.07. The van der Waals surface area contributed by atoms with Crippen LogP contribution in [0, 0.1) is 0 Å². The lowest BCUT2D eigenvalue weighted by molar-refractivity contribution is 0.841. The zero-order valence-corrected chi connectivity index (χ0v) is 8.25. The van der Waals surface area contributed by atoms with Crippen molar-refractivity contribution in [1.29, 1.82) is 0 Å². The zero-order chi connectivity index (χ0) is 9.26. The van der Waals surface area contributed by atoms with Crippen molar-refractivity contribution in [2.75, 3.05) is 0 Å². The first-order valence-electron chi connectivity index (χ1n) is 4.93. The molecule has 2 rings (SSSR count). The van der Waals surface area contributed by atoms with Crippen molar-refractivity contribution >= 4 is 6.08 Å². The predicted molar refractivity (Wildman–Crippen MR) is 55.7 cm³/mol. The summed E-state index contributed by atoms with van der Waals surface area (Å²) in [6, 6.07) is 2.27. The standard InChI is InChI=1S/C12H15N/c1-9(2)11-7-10-5-3-4-6-12(10)13-8-11/h3,5,7-9H,4,6H2,1-2H3. The number of pyridine rings is 1. The van der Waals surface area contributed by atoms with E-state index in [1.165, 1.54) is 16.8 Å². The monoisotopic (exact) mass is 173 g/mol. The first-order valence-corrected chi connectivity index (χ1v) is 4.93. The van der Waals surface area contributed by atoms with Crippen LogP contribution in [0.25, 0.3) is 6.08 Å². The Balaban J connectivity index is 2.43. The normalized spacial score (nSPS) is 14.7. The summed E-state index contributed by atoms with van der Waals surface area (Å²) in [6.45, 7) is 4.41. The van der Waals surface area contributed by atoms with Gasteiger partial charge in [-0.2, -0.15) is 0 Å². The molecule has 0 unspecified atom stereocenters. The van der Waals surface area contributed by atoms with Gasteiger partial charge in [-0.3, -0.25) is 4.98 Å². The molecule has 1 aliphatic rings. The minimum absolute atomic E-state index is 0.577. The average molecular weight is 173 g/mol. The quantitative estimate of drug-likeness (QED) is 0.635. The first-order chi connectivity index (χ1) is 6.27. The van der Waals surface area contributed by atoms with E-state index in [1.807, 2.05) is 6.20 Å². The van der Waals surface area contributed by atoms with E-state index in [2.05, 4.69) is 37.0 Å². The molecular formula is C12H15N. The van der Waals surface area contributed by atoms with Gasteiger partial charge < -0.3 is 0 Å². The Morgan fingerprint density at radius 1 is 1.38 bits per heavy atom. The number of allylic oxidation sites excluding steroid dienone is 1. The third-order valence-corrected chi connectivity index (χ3v) is 2.54. The van der Waals surface area contributed by atoms with Crippen LogP contribution in [0.4, 0.5) is 0 Å². The minimum Gasteiger partial charge on any atom is -0.260 e. The number of aryl methyl sites for hydroxylation is 1. The molecule has 1 nitrogen and oxygen atoms in total. The summed E-state index contributed by atoms with van der Waals surface area (Å²) >= 11 is 0. The molecule has 68 valence electrons. The highest BCUT2D eigenvalue weighted by molar-refractivity contribution is 5.55. The molecule has 0 aliphatic heterocycles. The van der Waals surface area contributed by atoms with E-state index in [4.69, 9.17) is 0 Å². The van der Waals surface area contributed by atoms with Crippen LogP contribution in [0.3, 0.4) is 0 Å². The van der Waals surface area contributed by atoms with Gasteiger partial charge in [0.25, 0.3) is 0 Å². The van der Waals surface area contributed by atoms with Crippen LogP contribution >= 0.6 is 0 Å². The van der Waals surface area contributed by atoms with E-state index < -0.39 is 0 Å². The molecule has 0 amide bonds. The number of nitrogens with zero attached hydrogens (tertiary/aromatic N) is 1. The Hall–Kier alpha value is -1.11. The number of fused-ring (bicyclic) bond motifs is 1. The Labute approximate surface area is 79.5 Å². The topological polar surface area (TPSA) is 12.9 Å². The van der Waals surface area contributed by atoms with Crippen molar-refractivity contribution in [3.8, 4) is 0 Å². The molecule has 0 saturated heterocycles. The summed E-state index contributed by atoms with van der Waals surface area (Å²) in [5, 5.41) is 0. The Bertz CT molecular complexity index is 337. The van der Waals surface area contributed by atoms with Gasteiger partial charge in [0.15, 0.2) is 0 Å². The van der Waals surface area contributed by atoms with Gasteiger partial charge in [-0.25, -0.2) is 0 Å². The summed E-state index contributed by atoms with van der Waals surface area (Å²) < 4.78 is 0. The van der Waals surface area contributed by atoms with Crippen LogP contribution in [0.5, 0.6) is 0 Å². The number of hydrogen-bond acceptors (Lipinski definition) is 1. The smallest absolute Gasteiger partial charge is 0.0479 e. The summed E-state index contributed by atoms with van der Waals surface area (Å²) in [5.74, 6) is 0.577. The lowest BCUT2D eigenvalue weighted by atomic mass is 9.98. The van der Waals surface area contributed by atoms with Crippen LogP contribution < -0.4 is 0 Å². The van der Waals surface area contributed by atoms with Crippen LogP contribution in [0.1, 0.15) is 43.0 Å². The van der Waals surface area contributed by atoms with E-state index in [0.29, 0.717) is 5.92 Å². The molecular weight excluding hydrogens is 158 g/mol. The van der Waals surface area contributed by atoms with Gasteiger partial charge in [-0.15, -0.1) is 0 Å². The van der Waals surface area contributed by atoms with Gasteiger partial charge in [0.2, 0.25) is 0 Å². The fourth-order valence-corrected chi connectivity index (χ4v) is 1.63. The maximum absolute atomic E-state index is 4.49. The molecule has 13 heavy (non-hydrogen) atoms. The van der Waals surface area contributed by atoms with E-state index in [0.717, 1.165) is 12.8 Å². The molecule has 0 bridgehead atoms. The summed E-state index contributed by atoms with van der Waals surface area (Å²) in [7, 11) is 0. The second-order valence-corrected chi connectivity index (χ2v) is 3.90. The molecule has 0 radical (unpaired) electrons. The van der Waals surface area contributed by atoms with Gasteiger partial charge in [-0.1, -0.05) is 26.0 Å². The third kappa shape index (κ3) is 1.64.